The quantitative estimate of drug-likeness (QED) is 0.803. The van der Waals surface area contributed by atoms with Crippen LogP contribution in [0.5, 0.6) is 5.75 Å². The van der Waals surface area contributed by atoms with E-state index in [1.54, 1.807) is 0 Å². The molecule has 1 N–H and O–H groups in total. The van der Waals surface area contributed by atoms with Crippen LogP contribution in [0.3, 0.4) is 0 Å². The number of benzene rings is 1. The number of aliphatic hydroxyl groups excluding tert-OH is 1. The van der Waals surface area contributed by atoms with Crippen molar-refractivity contribution in [2.45, 2.75) is 13.3 Å². The first-order valence-electron chi connectivity index (χ1n) is 6.11. The van der Waals surface area contributed by atoms with Crippen molar-refractivity contribution < 1.29 is 9.84 Å². The minimum atomic E-state index is 0.109. The summed E-state index contributed by atoms with van der Waals surface area (Å²) in [5.41, 5.74) is 2.05. The van der Waals surface area contributed by atoms with Gasteiger partial charge in [-0.3, -0.25) is 0 Å². The number of hydrogen-bond acceptors (Lipinski definition) is 3. The fraction of sp³-hybridized carbons (Fsp3) is 0.467. The number of aryl methyl sites for hydroxylation is 1. The third-order valence-corrected chi connectivity index (χ3v) is 2.44. The van der Waals surface area contributed by atoms with Crippen LogP contribution in [0.2, 0.25) is 0 Å². The molecule has 0 spiro atoms. The highest BCUT2D eigenvalue weighted by atomic mass is 16.5. The maximum absolute atomic E-state index is 8.66. The minimum Gasteiger partial charge on any atom is -0.492 e. The molecule has 0 bridgehead atoms. The Bertz CT molecular complexity index is 430. The molecule has 3 nitrogen and oxygen atoms in total. The van der Waals surface area contributed by atoms with Gasteiger partial charge in [-0.15, -0.1) is 0 Å². The molecule has 3 heteroatoms. The van der Waals surface area contributed by atoms with Crippen LogP contribution in [-0.2, 0) is 0 Å². The molecular formula is C15H21NO2. The first kappa shape index (κ1) is 14.6. The third-order valence-electron chi connectivity index (χ3n) is 2.44. The molecule has 0 aliphatic heterocycles. The summed E-state index contributed by atoms with van der Waals surface area (Å²) < 4.78 is 5.70. The van der Waals surface area contributed by atoms with Crippen molar-refractivity contribution in [1.29, 1.82) is 0 Å². The Hall–Kier alpha value is -1.50. The summed E-state index contributed by atoms with van der Waals surface area (Å²) in [5.74, 6) is 6.83. The molecule has 0 saturated carbocycles. The van der Waals surface area contributed by atoms with Crippen LogP contribution >= 0.6 is 0 Å². The van der Waals surface area contributed by atoms with Crippen LogP contribution in [-0.4, -0.2) is 43.9 Å². The lowest BCUT2D eigenvalue weighted by molar-refractivity contribution is 0.260. The van der Waals surface area contributed by atoms with Crippen LogP contribution in [0, 0.1) is 18.8 Å². The summed E-state index contributed by atoms with van der Waals surface area (Å²) in [6.07, 6.45) is 0.514. The van der Waals surface area contributed by atoms with E-state index in [-0.39, 0.29) is 6.61 Å². The highest BCUT2D eigenvalue weighted by Gasteiger charge is 2.00. The van der Waals surface area contributed by atoms with Crippen molar-refractivity contribution in [3.05, 3.63) is 29.3 Å². The average Bonchev–Trinajstić information content (AvgIpc) is 2.32. The Morgan fingerprint density at radius 3 is 2.72 bits per heavy atom. The Labute approximate surface area is 109 Å². The van der Waals surface area contributed by atoms with Gasteiger partial charge < -0.3 is 14.7 Å². The summed E-state index contributed by atoms with van der Waals surface area (Å²) in [5, 5.41) is 8.66. The Kier molecular flexibility index (Phi) is 6.27. The molecule has 0 aliphatic carbocycles. The van der Waals surface area contributed by atoms with Crippen LogP contribution < -0.4 is 4.74 Å². The summed E-state index contributed by atoms with van der Waals surface area (Å²) in [4.78, 5) is 2.09. The molecule has 0 heterocycles. The summed E-state index contributed by atoms with van der Waals surface area (Å²) in [6, 6.07) is 5.91. The zero-order valence-electron chi connectivity index (χ0n) is 11.4. The largest absolute Gasteiger partial charge is 0.492 e. The fourth-order valence-electron chi connectivity index (χ4n) is 1.45. The predicted octanol–water partition coefficient (Wildman–Crippen LogP) is 1.67. The lowest BCUT2D eigenvalue weighted by atomic mass is 10.1. The van der Waals surface area contributed by atoms with Crippen LogP contribution in [0.25, 0.3) is 0 Å². The van der Waals surface area contributed by atoms with Gasteiger partial charge in [0.1, 0.15) is 12.4 Å². The van der Waals surface area contributed by atoms with Gasteiger partial charge in [0.05, 0.1) is 6.61 Å². The van der Waals surface area contributed by atoms with E-state index >= 15 is 0 Å². The van der Waals surface area contributed by atoms with E-state index in [4.69, 9.17) is 9.84 Å². The van der Waals surface area contributed by atoms with E-state index < -0.39 is 0 Å². The average molecular weight is 247 g/mol. The third kappa shape index (κ3) is 5.22. The lowest BCUT2D eigenvalue weighted by Gasteiger charge is -2.12. The van der Waals surface area contributed by atoms with E-state index in [1.807, 2.05) is 39.2 Å². The molecule has 98 valence electrons. The van der Waals surface area contributed by atoms with Crippen molar-refractivity contribution in [2.24, 2.45) is 0 Å². The number of hydrogen-bond donors (Lipinski definition) is 1. The smallest absolute Gasteiger partial charge is 0.122 e. The van der Waals surface area contributed by atoms with Gasteiger partial charge in [0.2, 0.25) is 0 Å². The molecule has 0 aromatic heterocycles. The van der Waals surface area contributed by atoms with Gasteiger partial charge in [-0.2, -0.15) is 0 Å². The highest BCUT2D eigenvalue weighted by molar-refractivity contribution is 5.43. The second kappa shape index (κ2) is 7.75. The normalized spacial score (nSPS) is 10.1. The van der Waals surface area contributed by atoms with Crippen molar-refractivity contribution in [3.63, 3.8) is 0 Å². The number of ether oxygens (including phenoxy) is 1. The SMILES string of the molecule is Cc1cc(C#CCCO)ccc1OCCN(C)C. The second-order valence-electron chi connectivity index (χ2n) is 4.41. The molecule has 1 rings (SSSR count). The van der Waals surface area contributed by atoms with Crippen molar-refractivity contribution >= 4 is 0 Å². The molecule has 0 atom stereocenters. The van der Waals surface area contributed by atoms with Gasteiger partial charge in [0.25, 0.3) is 0 Å². The number of nitrogens with zero attached hydrogens (tertiary/aromatic N) is 1. The predicted molar refractivity (Wildman–Crippen MR) is 73.8 cm³/mol. The zero-order valence-corrected chi connectivity index (χ0v) is 11.4. The molecule has 18 heavy (non-hydrogen) atoms. The Morgan fingerprint density at radius 2 is 2.11 bits per heavy atom. The Morgan fingerprint density at radius 1 is 1.33 bits per heavy atom. The monoisotopic (exact) mass is 247 g/mol. The van der Waals surface area contributed by atoms with E-state index in [1.165, 1.54) is 0 Å². The van der Waals surface area contributed by atoms with Gasteiger partial charge in [0.15, 0.2) is 0 Å². The highest BCUT2D eigenvalue weighted by Crippen LogP contribution is 2.18. The Balaban J connectivity index is 2.60. The summed E-state index contributed by atoms with van der Waals surface area (Å²) in [7, 11) is 4.05. The van der Waals surface area contributed by atoms with Crippen molar-refractivity contribution in [1.82, 2.24) is 4.90 Å². The molecule has 0 aliphatic rings. The molecule has 1 aromatic rings. The topological polar surface area (TPSA) is 32.7 Å². The summed E-state index contributed by atoms with van der Waals surface area (Å²) in [6.45, 7) is 3.71. The molecule has 0 radical (unpaired) electrons. The summed E-state index contributed by atoms with van der Waals surface area (Å²) >= 11 is 0. The fourth-order valence-corrected chi connectivity index (χ4v) is 1.45. The van der Waals surface area contributed by atoms with Gasteiger partial charge in [-0.05, 0) is 44.8 Å². The van der Waals surface area contributed by atoms with Gasteiger partial charge in [0, 0.05) is 18.5 Å². The van der Waals surface area contributed by atoms with Gasteiger partial charge in [-0.1, -0.05) is 11.8 Å². The van der Waals surface area contributed by atoms with Crippen LogP contribution in [0.1, 0.15) is 17.5 Å². The first-order valence-corrected chi connectivity index (χ1v) is 6.11. The molecular weight excluding hydrogens is 226 g/mol. The number of aliphatic hydroxyl groups is 1. The maximum Gasteiger partial charge on any atom is 0.122 e. The zero-order chi connectivity index (χ0) is 13.4. The molecule has 0 amide bonds. The number of rotatable bonds is 5. The van der Waals surface area contributed by atoms with Gasteiger partial charge >= 0.3 is 0 Å². The van der Waals surface area contributed by atoms with E-state index in [2.05, 4.69) is 16.7 Å². The van der Waals surface area contributed by atoms with E-state index in [0.717, 1.165) is 23.4 Å². The lowest BCUT2D eigenvalue weighted by Crippen LogP contribution is -2.19. The van der Waals surface area contributed by atoms with E-state index in [0.29, 0.717) is 13.0 Å². The molecule has 0 unspecified atom stereocenters. The second-order valence-corrected chi connectivity index (χ2v) is 4.41. The van der Waals surface area contributed by atoms with Crippen molar-refractivity contribution in [2.75, 3.05) is 33.9 Å². The van der Waals surface area contributed by atoms with Crippen LogP contribution in [0.15, 0.2) is 18.2 Å². The first-order chi connectivity index (χ1) is 8.63. The van der Waals surface area contributed by atoms with E-state index in [9.17, 15) is 0 Å². The van der Waals surface area contributed by atoms with Crippen molar-refractivity contribution in [3.8, 4) is 17.6 Å². The molecule has 0 fully saturated rings. The van der Waals surface area contributed by atoms with Crippen LogP contribution in [0.4, 0.5) is 0 Å². The standard InChI is InChI=1S/C15H21NO2/c1-13-12-14(6-4-5-10-17)7-8-15(13)18-11-9-16(2)3/h7-8,12,17H,5,9-11H2,1-3H3. The van der Waals surface area contributed by atoms with Gasteiger partial charge in [-0.25, -0.2) is 0 Å². The molecule has 0 saturated heterocycles. The molecule has 1 aromatic carbocycles. The number of likely N-dealkylation sites (N-methyl/N-ethyl adjacent to an activating group) is 1. The maximum atomic E-state index is 8.66. The minimum absolute atomic E-state index is 0.109.